The van der Waals surface area contributed by atoms with Crippen molar-refractivity contribution in [3.05, 3.63) is 29.3 Å². The number of carbonyl (C=O) groups is 2. The number of rotatable bonds is 3. The van der Waals surface area contributed by atoms with Crippen LogP contribution in [0.25, 0.3) is 0 Å². The van der Waals surface area contributed by atoms with E-state index in [0.29, 0.717) is 5.75 Å². The smallest absolute Gasteiger partial charge is 0.317 e. The maximum atomic E-state index is 12.6. The second kappa shape index (κ2) is 5.14. The van der Waals surface area contributed by atoms with Gasteiger partial charge in [-0.1, -0.05) is 12.1 Å². The number of aryl methyl sites for hydroxylation is 1. The topological polar surface area (TPSA) is 65.1 Å². The molecule has 0 radical (unpaired) electrons. The second-order valence-corrected chi connectivity index (χ2v) is 7.63. The average Bonchev–Trinajstić information content (AvgIpc) is 3.01. The van der Waals surface area contributed by atoms with Crippen molar-refractivity contribution in [1.29, 1.82) is 0 Å². The van der Waals surface area contributed by atoms with Crippen molar-refractivity contribution in [2.75, 3.05) is 0 Å². The summed E-state index contributed by atoms with van der Waals surface area (Å²) in [6.45, 7) is 7.73. The van der Waals surface area contributed by atoms with Gasteiger partial charge in [-0.15, -0.1) is 0 Å². The highest BCUT2D eigenvalue weighted by Crippen LogP contribution is 2.51. The van der Waals surface area contributed by atoms with Gasteiger partial charge < -0.3 is 14.2 Å². The summed E-state index contributed by atoms with van der Waals surface area (Å²) in [6.07, 6.45) is -0.586. The first-order valence-electron chi connectivity index (χ1n) is 8.47. The predicted octanol–water partition coefficient (Wildman–Crippen LogP) is 2.74. The molecular formula is C19H22O5. The third kappa shape index (κ3) is 2.30. The molecule has 5 nitrogen and oxygen atoms in total. The Morgan fingerprint density at radius 1 is 1.29 bits per heavy atom. The number of fused-ring (bicyclic) bond motifs is 3. The van der Waals surface area contributed by atoms with Gasteiger partial charge in [0.05, 0.1) is 17.6 Å². The van der Waals surface area contributed by atoms with Crippen LogP contribution < -0.4 is 4.74 Å². The SMILES string of the molecule is Cc1cccc2c1C1O[C@@H](C)[C@@H](CC(=O)C3OC3(C)C)C1C(=O)O2. The van der Waals surface area contributed by atoms with Crippen LogP contribution in [0.1, 0.15) is 44.4 Å². The van der Waals surface area contributed by atoms with E-state index < -0.39 is 5.92 Å². The van der Waals surface area contributed by atoms with E-state index in [2.05, 4.69) is 0 Å². The Hall–Kier alpha value is -1.72. The Balaban J connectivity index is 1.62. The van der Waals surface area contributed by atoms with Crippen LogP contribution in [0, 0.1) is 18.8 Å². The highest BCUT2D eigenvalue weighted by molar-refractivity contribution is 5.88. The number of Topliss-reactive ketones (excluding diaryl/α,β-unsaturated/α-hetero) is 1. The molecule has 5 heteroatoms. The van der Waals surface area contributed by atoms with E-state index in [4.69, 9.17) is 14.2 Å². The van der Waals surface area contributed by atoms with Crippen molar-refractivity contribution in [3.8, 4) is 5.75 Å². The third-order valence-electron chi connectivity index (χ3n) is 5.53. The van der Waals surface area contributed by atoms with Gasteiger partial charge >= 0.3 is 5.97 Å². The molecule has 2 fully saturated rings. The Morgan fingerprint density at radius 3 is 2.67 bits per heavy atom. The molecule has 0 aromatic heterocycles. The molecule has 128 valence electrons. The lowest BCUT2D eigenvalue weighted by atomic mass is 9.79. The summed E-state index contributed by atoms with van der Waals surface area (Å²) in [4.78, 5) is 25.0. The highest BCUT2D eigenvalue weighted by Gasteiger charge is 2.56. The molecule has 5 atom stereocenters. The summed E-state index contributed by atoms with van der Waals surface area (Å²) in [6, 6.07) is 5.65. The molecule has 4 rings (SSSR count). The molecule has 0 aliphatic carbocycles. The number of hydrogen-bond acceptors (Lipinski definition) is 5. The van der Waals surface area contributed by atoms with Gasteiger partial charge in [0.15, 0.2) is 5.78 Å². The molecular weight excluding hydrogens is 308 g/mol. The number of ether oxygens (including phenoxy) is 3. The van der Waals surface area contributed by atoms with Crippen LogP contribution in [0.5, 0.6) is 5.75 Å². The summed E-state index contributed by atoms with van der Waals surface area (Å²) in [7, 11) is 0. The minimum atomic E-state index is -0.431. The summed E-state index contributed by atoms with van der Waals surface area (Å²) in [5.74, 6) is -0.282. The van der Waals surface area contributed by atoms with Crippen LogP contribution in [0.3, 0.4) is 0 Å². The van der Waals surface area contributed by atoms with E-state index in [0.717, 1.165) is 11.1 Å². The Bertz CT molecular complexity index is 722. The molecule has 24 heavy (non-hydrogen) atoms. The lowest BCUT2D eigenvalue weighted by Crippen LogP contribution is -2.35. The van der Waals surface area contributed by atoms with E-state index in [1.807, 2.05) is 39.8 Å². The zero-order chi connectivity index (χ0) is 17.2. The first kappa shape index (κ1) is 15.8. The highest BCUT2D eigenvalue weighted by atomic mass is 16.6. The fourth-order valence-corrected chi connectivity index (χ4v) is 4.12. The summed E-state index contributed by atoms with van der Waals surface area (Å²) < 4.78 is 17.1. The molecule has 2 saturated heterocycles. The van der Waals surface area contributed by atoms with E-state index in [9.17, 15) is 9.59 Å². The molecule has 0 spiro atoms. The number of benzene rings is 1. The summed E-state index contributed by atoms with van der Waals surface area (Å²) >= 11 is 0. The standard InChI is InChI=1S/C19H22O5/c1-9-6-5-7-13-14(9)16-15(18(21)23-13)11(10(2)22-16)8-12(20)17-19(3,4)24-17/h5-7,10-11,15-17H,8H2,1-4H3/t10-,11+,15?,16?,17?/m0/s1. The number of epoxide rings is 1. The zero-order valence-corrected chi connectivity index (χ0v) is 14.4. The van der Waals surface area contributed by atoms with Crippen LogP contribution in [0.2, 0.25) is 0 Å². The molecule has 1 aromatic rings. The predicted molar refractivity (Wildman–Crippen MR) is 85.7 cm³/mol. The van der Waals surface area contributed by atoms with E-state index in [1.54, 1.807) is 6.07 Å². The fraction of sp³-hybridized carbons (Fsp3) is 0.579. The van der Waals surface area contributed by atoms with E-state index in [1.165, 1.54) is 0 Å². The number of ketones is 1. The first-order chi connectivity index (χ1) is 11.3. The molecule has 0 N–H and O–H groups in total. The van der Waals surface area contributed by atoms with Crippen molar-refractivity contribution in [2.24, 2.45) is 11.8 Å². The van der Waals surface area contributed by atoms with Gasteiger partial charge in [-0.25, -0.2) is 0 Å². The van der Waals surface area contributed by atoms with Gasteiger partial charge in [0, 0.05) is 17.9 Å². The van der Waals surface area contributed by atoms with Gasteiger partial charge in [-0.2, -0.15) is 0 Å². The van der Waals surface area contributed by atoms with Crippen molar-refractivity contribution in [2.45, 2.75) is 58.0 Å². The van der Waals surface area contributed by atoms with Crippen molar-refractivity contribution >= 4 is 11.8 Å². The number of esters is 1. The van der Waals surface area contributed by atoms with E-state index >= 15 is 0 Å². The van der Waals surface area contributed by atoms with Crippen LogP contribution in [-0.2, 0) is 19.1 Å². The lowest BCUT2D eigenvalue weighted by molar-refractivity contribution is -0.144. The van der Waals surface area contributed by atoms with Crippen LogP contribution >= 0.6 is 0 Å². The average molecular weight is 330 g/mol. The molecule has 3 aliphatic heterocycles. The maximum Gasteiger partial charge on any atom is 0.317 e. The third-order valence-corrected chi connectivity index (χ3v) is 5.53. The normalized spacial score (nSPS) is 35.8. The minimum absolute atomic E-state index is 0.0458. The monoisotopic (exact) mass is 330 g/mol. The first-order valence-corrected chi connectivity index (χ1v) is 8.47. The van der Waals surface area contributed by atoms with Gasteiger partial charge in [-0.05, 0) is 39.3 Å². The zero-order valence-electron chi connectivity index (χ0n) is 14.4. The van der Waals surface area contributed by atoms with Crippen LogP contribution in [-0.4, -0.2) is 29.6 Å². The lowest BCUT2D eigenvalue weighted by Gasteiger charge is -2.29. The summed E-state index contributed by atoms with van der Waals surface area (Å²) in [5, 5.41) is 0. The number of hydrogen-bond donors (Lipinski definition) is 0. The van der Waals surface area contributed by atoms with Gasteiger partial charge in [0.25, 0.3) is 0 Å². The molecule has 1 aromatic carbocycles. The number of carbonyl (C=O) groups excluding carboxylic acids is 2. The van der Waals surface area contributed by atoms with Crippen molar-refractivity contribution in [3.63, 3.8) is 0 Å². The van der Waals surface area contributed by atoms with Crippen molar-refractivity contribution in [1.82, 2.24) is 0 Å². The molecule has 3 aliphatic rings. The van der Waals surface area contributed by atoms with Gasteiger partial charge in [0.2, 0.25) is 0 Å². The second-order valence-electron chi connectivity index (χ2n) is 7.63. The maximum absolute atomic E-state index is 12.6. The Labute approximate surface area is 141 Å². The van der Waals surface area contributed by atoms with E-state index in [-0.39, 0.29) is 48.0 Å². The fourth-order valence-electron chi connectivity index (χ4n) is 4.12. The molecule has 3 heterocycles. The minimum Gasteiger partial charge on any atom is -0.426 e. The van der Waals surface area contributed by atoms with Crippen LogP contribution in [0.4, 0.5) is 0 Å². The molecule has 0 bridgehead atoms. The largest absolute Gasteiger partial charge is 0.426 e. The molecule has 0 amide bonds. The van der Waals surface area contributed by atoms with Gasteiger partial charge in [0.1, 0.15) is 18.0 Å². The molecule has 3 unspecified atom stereocenters. The van der Waals surface area contributed by atoms with Gasteiger partial charge in [-0.3, -0.25) is 9.59 Å². The quantitative estimate of drug-likeness (QED) is 0.484. The van der Waals surface area contributed by atoms with Crippen LogP contribution in [0.15, 0.2) is 18.2 Å². The van der Waals surface area contributed by atoms with Crippen molar-refractivity contribution < 1.29 is 23.8 Å². The Kier molecular flexibility index (Phi) is 3.38. The molecule has 0 saturated carbocycles. The summed E-state index contributed by atoms with van der Waals surface area (Å²) in [5.41, 5.74) is 1.60. The Morgan fingerprint density at radius 2 is 2.00 bits per heavy atom.